The van der Waals surface area contributed by atoms with Crippen LogP contribution in [0.5, 0.6) is 0 Å². The quantitative estimate of drug-likeness (QED) is 0.0769. The first-order valence-corrected chi connectivity index (χ1v) is 23.7. The Labute approximate surface area is 329 Å². The summed E-state index contributed by atoms with van der Waals surface area (Å²) in [5.74, 6) is 3.46. The van der Waals surface area contributed by atoms with Crippen LogP contribution < -0.4 is 0 Å². The van der Waals surface area contributed by atoms with Gasteiger partial charge in [0.15, 0.2) is 0 Å². The number of aliphatic hydroxyl groups excluding tert-OH is 1. The fraction of sp³-hybridized carbons (Fsp3) is 0.940. The monoisotopic (exact) mass is 737 g/mol. The Kier molecular flexibility index (Phi) is 14.9. The molecule has 5 rings (SSSR count). The van der Waals surface area contributed by atoms with Gasteiger partial charge in [0.25, 0.3) is 0 Å². The highest BCUT2D eigenvalue weighted by Crippen LogP contribution is 2.77. The maximum absolute atomic E-state index is 13.3. The van der Waals surface area contributed by atoms with Crippen LogP contribution in [0.15, 0.2) is 12.2 Å². The highest BCUT2D eigenvalue weighted by Gasteiger charge is 2.70. The molecule has 0 spiro atoms. The fourth-order valence-corrected chi connectivity index (χ4v) is 14.9. The van der Waals surface area contributed by atoms with Gasteiger partial charge >= 0.3 is 5.97 Å². The Morgan fingerprint density at radius 3 is 1.85 bits per heavy atom. The Hall–Kier alpha value is -0.830. The van der Waals surface area contributed by atoms with E-state index in [1.54, 1.807) is 0 Å². The van der Waals surface area contributed by atoms with E-state index in [9.17, 15) is 9.90 Å². The van der Waals surface area contributed by atoms with Crippen molar-refractivity contribution < 1.29 is 14.6 Å². The van der Waals surface area contributed by atoms with Gasteiger partial charge in [-0.1, -0.05) is 157 Å². The lowest BCUT2D eigenvalue weighted by atomic mass is 9.32. The molecule has 306 valence electrons. The lowest BCUT2D eigenvalue weighted by molar-refractivity contribution is -0.249. The summed E-state index contributed by atoms with van der Waals surface area (Å²) in [5, 5.41) is 10.8. The fourth-order valence-electron chi connectivity index (χ4n) is 14.9. The molecule has 0 radical (unpaired) electrons. The first-order chi connectivity index (χ1) is 25.1. The van der Waals surface area contributed by atoms with Gasteiger partial charge in [-0.25, -0.2) is 0 Å². The molecule has 0 saturated heterocycles. The summed E-state index contributed by atoms with van der Waals surface area (Å²) in [6, 6.07) is 0. The van der Waals surface area contributed by atoms with Crippen LogP contribution in [0.3, 0.4) is 0 Å². The third-order valence-corrected chi connectivity index (χ3v) is 18.2. The SMILES string of the molecule is C=C(C)[C@@H]1CC[C@]2(C)CC[C@]3(C)[C@H](CC[C@@H]4[C@@]5(C)CC[C@H](OC(=O)C[C@@H](O)CCCCCCCCCCCCCCCCC)C(C)(C)[C@@H]5CC[C@]43C)[C@@H]12. The van der Waals surface area contributed by atoms with Crippen LogP contribution in [0.2, 0.25) is 0 Å². The number of allylic oxidation sites excluding steroid dienone is 1. The van der Waals surface area contributed by atoms with Crippen molar-refractivity contribution in [3.05, 3.63) is 12.2 Å². The van der Waals surface area contributed by atoms with Crippen molar-refractivity contribution in [2.45, 2.75) is 241 Å². The Morgan fingerprint density at radius 1 is 0.679 bits per heavy atom. The van der Waals surface area contributed by atoms with Crippen molar-refractivity contribution in [2.24, 2.45) is 56.7 Å². The lowest BCUT2D eigenvalue weighted by Gasteiger charge is -2.73. The van der Waals surface area contributed by atoms with E-state index in [1.165, 1.54) is 140 Å². The van der Waals surface area contributed by atoms with Gasteiger partial charge in [-0.15, -0.1) is 0 Å². The van der Waals surface area contributed by atoms with Crippen LogP contribution in [0.4, 0.5) is 0 Å². The molecule has 1 N–H and O–H groups in total. The van der Waals surface area contributed by atoms with E-state index in [2.05, 4.69) is 62.0 Å². The molecule has 0 bridgehead atoms. The normalized spacial score (nSPS) is 39.3. The predicted octanol–water partition coefficient (Wildman–Crippen LogP) is 14.6. The van der Waals surface area contributed by atoms with Gasteiger partial charge in [-0.05, 0) is 129 Å². The summed E-state index contributed by atoms with van der Waals surface area (Å²) in [6.07, 6.45) is 33.4. The molecule has 0 aromatic rings. The number of carbonyl (C=O) groups is 1. The van der Waals surface area contributed by atoms with E-state index < -0.39 is 6.10 Å². The molecule has 0 amide bonds. The number of ether oxygens (including phenoxy) is 1. The molecule has 0 unspecified atom stereocenters. The third-order valence-electron chi connectivity index (χ3n) is 18.2. The van der Waals surface area contributed by atoms with E-state index in [-0.39, 0.29) is 29.3 Å². The third kappa shape index (κ3) is 9.01. The van der Waals surface area contributed by atoms with E-state index in [4.69, 9.17) is 4.74 Å². The van der Waals surface area contributed by atoms with Gasteiger partial charge < -0.3 is 9.84 Å². The maximum atomic E-state index is 13.3. The van der Waals surface area contributed by atoms with Gasteiger partial charge in [0.05, 0.1) is 12.5 Å². The highest BCUT2D eigenvalue weighted by molar-refractivity contribution is 5.70. The van der Waals surface area contributed by atoms with E-state index >= 15 is 0 Å². The smallest absolute Gasteiger partial charge is 0.308 e. The molecule has 0 aromatic heterocycles. The zero-order chi connectivity index (χ0) is 38.5. The molecule has 0 heterocycles. The Bertz CT molecular complexity index is 1190. The summed E-state index contributed by atoms with van der Waals surface area (Å²) >= 11 is 0. The van der Waals surface area contributed by atoms with E-state index in [0.717, 1.165) is 49.9 Å². The number of hydrogen-bond acceptors (Lipinski definition) is 3. The molecule has 0 aromatic carbocycles. The minimum atomic E-state index is -0.575. The number of unbranched alkanes of at least 4 members (excludes halogenated alkanes) is 14. The summed E-state index contributed by atoms with van der Waals surface area (Å²) in [7, 11) is 0. The van der Waals surface area contributed by atoms with Crippen LogP contribution >= 0.6 is 0 Å². The van der Waals surface area contributed by atoms with Gasteiger partial charge in [-0.3, -0.25) is 4.79 Å². The first-order valence-electron chi connectivity index (χ1n) is 23.7. The number of fused-ring (bicyclic) bond motifs is 7. The molecule has 3 nitrogen and oxygen atoms in total. The largest absolute Gasteiger partial charge is 0.462 e. The average Bonchev–Trinajstić information content (AvgIpc) is 3.46. The summed E-state index contributed by atoms with van der Waals surface area (Å²) in [5.41, 5.74) is 2.93. The van der Waals surface area contributed by atoms with Crippen molar-refractivity contribution >= 4 is 5.97 Å². The number of aliphatic hydroxyl groups is 1. The van der Waals surface area contributed by atoms with Crippen LogP contribution in [-0.4, -0.2) is 23.3 Å². The van der Waals surface area contributed by atoms with Crippen molar-refractivity contribution in [2.75, 3.05) is 0 Å². The molecule has 5 aliphatic carbocycles. The highest BCUT2D eigenvalue weighted by atomic mass is 16.5. The number of rotatable bonds is 20. The molecule has 3 heteroatoms. The molecule has 11 atom stereocenters. The molecule has 0 aliphatic heterocycles. The molecule has 5 saturated carbocycles. The number of carbonyl (C=O) groups excluding carboxylic acids is 1. The zero-order valence-corrected chi connectivity index (χ0v) is 36.6. The summed E-state index contributed by atoms with van der Waals surface area (Å²) < 4.78 is 6.35. The maximum Gasteiger partial charge on any atom is 0.308 e. The molecule has 5 fully saturated rings. The number of esters is 1. The van der Waals surface area contributed by atoms with Crippen molar-refractivity contribution in [3.63, 3.8) is 0 Å². The van der Waals surface area contributed by atoms with Gasteiger partial charge in [0.1, 0.15) is 6.10 Å². The van der Waals surface area contributed by atoms with Crippen LogP contribution in [0.1, 0.15) is 229 Å². The first kappa shape index (κ1) is 43.3. The molecule has 5 aliphatic rings. The van der Waals surface area contributed by atoms with Crippen LogP contribution in [0, 0.1) is 56.7 Å². The second-order valence-electron chi connectivity index (χ2n) is 21.8. The van der Waals surface area contributed by atoms with Crippen molar-refractivity contribution in [3.8, 4) is 0 Å². The average molecular weight is 737 g/mol. The standard InChI is InChI=1S/C50H88O3/c1-10-11-12-13-14-15-16-17-18-19-20-21-22-23-24-25-38(51)36-44(52)53-43-30-32-48(7)41(46(43,4)5)29-33-50(9)42(48)27-26-40-45-39(37(2)3)28-31-47(45,6)34-35-49(40,50)8/h38-43,45,51H,2,10-36H2,1,3-9H3/t38-,39-,40+,41-,42+,43-,45+,47+,48-,49+,50+/m0/s1. The summed E-state index contributed by atoms with van der Waals surface area (Å²) in [4.78, 5) is 13.3. The van der Waals surface area contributed by atoms with Crippen LogP contribution in [0.25, 0.3) is 0 Å². The van der Waals surface area contributed by atoms with E-state index in [1.807, 2.05) is 0 Å². The molecular weight excluding hydrogens is 649 g/mol. The van der Waals surface area contributed by atoms with Crippen molar-refractivity contribution in [1.29, 1.82) is 0 Å². The van der Waals surface area contributed by atoms with Gasteiger partial charge in [0.2, 0.25) is 0 Å². The molecular formula is C50H88O3. The van der Waals surface area contributed by atoms with Gasteiger partial charge in [0, 0.05) is 5.41 Å². The van der Waals surface area contributed by atoms with E-state index in [0.29, 0.717) is 28.1 Å². The summed E-state index contributed by atoms with van der Waals surface area (Å²) in [6.45, 7) is 24.7. The second-order valence-corrected chi connectivity index (χ2v) is 21.8. The molecule has 53 heavy (non-hydrogen) atoms. The topological polar surface area (TPSA) is 46.5 Å². The van der Waals surface area contributed by atoms with Gasteiger partial charge in [-0.2, -0.15) is 0 Å². The predicted molar refractivity (Wildman–Crippen MR) is 225 cm³/mol. The Morgan fingerprint density at radius 2 is 1.26 bits per heavy atom. The van der Waals surface area contributed by atoms with Crippen LogP contribution in [-0.2, 0) is 9.53 Å². The Balaban J connectivity index is 1.04. The lowest BCUT2D eigenvalue weighted by Crippen LogP contribution is -2.66. The minimum Gasteiger partial charge on any atom is -0.462 e. The second kappa shape index (κ2) is 18.2. The van der Waals surface area contributed by atoms with Crippen molar-refractivity contribution in [1.82, 2.24) is 0 Å². The zero-order valence-electron chi connectivity index (χ0n) is 36.6. The minimum absolute atomic E-state index is 0.0486. The number of hydrogen-bond donors (Lipinski definition) is 1.